The van der Waals surface area contributed by atoms with Crippen molar-refractivity contribution < 1.29 is 0 Å². The first-order valence-electron chi connectivity index (χ1n) is 8.74. The second kappa shape index (κ2) is 6.61. The normalized spacial score (nSPS) is 11.2. The van der Waals surface area contributed by atoms with Gasteiger partial charge in [-0.2, -0.15) is 4.98 Å². The summed E-state index contributed by atoms with van der Waals surface area (Å²) >= 11 is 6.33. The van der Waals surface area contributed by atoms with Crippen LogP contribution in [-0.4, -0.2) is 23.9 Å². The van der Waals surface area contributed by atoms with Crippen LogP contribution in [0, 0.1) is 0 Å². The van der Waals surface area contributed by atoms with Crippen molar-refractivity contribution in [1.29, 1.82) is 0 Å². The van der Waals surface area contributed by atoms with Crippen LogP contribution >= 0.6 is 11.6 Å². The van der Waals surface area contributed by atoms with E-state index in [1.54, 1.807) is 47.1 Å². The van der Waals surface area contributed by atoms with E-state index in [1.165, 1.54) is 10.8 Å². The summed E-state index contributed by atoms with van der Waals surface area (Å²) in [5, 5.41) is 3.90. The molecule has 3 aromatic heterocycles. The highest BCUT2D eigenvalue weighted by molar-refractivity contribution is 6.32. The van der Waals surface area contributed by atoms with E-state index in [-0.39, 0.29) is 5.56 Å². The van der Waals surface area contributed by atoms with Gasteiger partial charge in [-0.3, -0.25) is 9.20 Å². The Bertz CT molecular complexity index is 1420. The molecule has 0 unspecified atom stereocenters. The van der Waals surface area contributed by atoms with Crippen LogP contribution in [0.3, 0.4) is 0 Å². The fourth-order valence-electron chi connectivity index (χ4n) is 3.15. The van der Waals surface area contributed by atoms with Crippen LogP contribution in [-0.2, 0) is 0 Å². The molecule has 0 atom stereocenters. The Kier molecular flexibility index (Phi) is 3.92. The third-order valence-electron chi connectivity index (χ3n) is 4.51. The maximum absolute atomic E-state index is 13.2. The number of aromatic nitrogens is 5. The van der Waals surface area contributed by atoms with Crippen molar-refractivity contribution in [1.82, 2.24) is 23.9 Å². The van der Waals surface area contributed by atoms with Gasteiger partial charge in [0.15, 0.2) is 5.65 Å². The van der Waals surface area contributed by atoms with Crippen LogP contribution in [0.4, 0.5) is 17.3 Å². The van der Waals surface area contributed by atoms with Crippen molar-refractivity contribution in [3.05, 3.63) is 82.5 Å². The van der Waals surface area contributed by atoms with Crippen molar-refractivity contribution in [3.63, 3.8) is 0 Å². The average molecular weight is 404 g/mol. The lowest BCUT2D eigenvalue weighted by Crippen LogP contribution is -2.22. The van der Waals surface area contributed by atoms with E-state index in [4.69, 9.17) is 17.3 Å². The number of para-hydroxylation sites is 1. The Hall–Kier alpha value is -3.91. The van der Waals surface area contributed by atoms with Gasteiger partial charge in [-0.05, 0) is 36.4 Å². The Morgan fingerprint density at radius 1 is 1.03 bits per heavy atom. The van der Waals surface area contributed by atoms with Gasteiger partial charge in [-0.25, -0.2) is 14.5 Å². The van der Waals surface area contributed by atoms with E-state index in [0.717, 1.165) is 5.69 Å². The highest BCUT2D eigenvalue weighted by Gasteiger charge is 2.17. The van der Waals surface area contributed by atoms with Crippen molar-refractivity contribution in [2.75, 3.05) is 11.1 Å². The zero-order valence-corrected chi connectivity index (χ0v) is 15.7. The molecule has 9 heteroatoms. The second-order valence-electron chi connectivity index (χ2n) is 6.37. The largest absolute Gasteiger partial charge is 0.399 e. The lowest BCUT2D eigenvalue weighted by molar-refractivity contribution is 0.961. The second-order valence-corrected chi connectivity index (χ2v) is 6.77. The molecule has 5 rings (SSSR count). The van der Waals surface area contributed by atoms with Gasteiger partial charge in [0.25, 0.3) is 5.56 Å². The molecule has 0 aliphatic carbocycles. The highest BCUT2D eigenvalue weighted by atomic mass is 35.5. The van der Waals surface area contributed by atoms with Gasteiger partial charge in [0.2, 0.25) is 11.7 Å². The van der Waals surface area contributed by atoms with E-state index in [2.05, 4.69) is 20.3 Å². The molecule has 2 aromatic carbocycles. The number of nitrogens with two attached hydrogens (primary N) is 1. The van der Waals surface area contributed by atoms with E-state index in [1.807, 2.05) is 18.2 Å². The molecule has 0 saturated heterocycles. The molecule has 0 aliphatic rings. The summed E-state index contributed by atoms with van der Waals surface area (Å²) < 4.78 is 3.19. The number of anilines is 3. The molecule has 5 aromatic rings. The maximum atomic E-state index is 13.2. The maximum Gasteiger partial charge on any atom is 0.270 e. The number of imidazole rings is 1. The summed E-state index contributed by atoms with van der Waals surface area (Å²) in [7, 11) is 0. The lowest BCUT2D eigenvalue weighted by Gasteiger charge is -2.12. The summed E-state index contributed by atoms with van der Waals surface area (Å²) in [4.78, 5) is 26.4. The molecule has 0 radical (unpaired) electrons. The first kappa shape index (κ1) is 17.2. The number of hydrogen-bond donors (Lipinski definition) is 2. The summed E-state index contributed by atoms with van der Waals surface area (Å²) in [6.07, 6.45) is 4.85. The molecule has 0 fully saturated rings. The number of nitrogen functional groups attached to an aromatic ring is 1. The van der Waals surface area contributed by atoms with Crippen molar-refractivity contribution in [2.24, 2.45) is 0 Å². The zero-order chi connectivity index (χ0) is 20.0. The van der Waals surface area contributed by atoms with E-state index < -0.39 is 0 Å². The molecule has 0 bridgehead atoms. The quantitative estimate of drug-likeness (QED) is 0.447. The van der Waals surface area contributed by atoms with Crippen molar-refractivity contribution in [3.8, 4) is 5.69 Å². The number of nitrogens with zero attached hydrogens (tertiary/aromatic N) is 5. The Morgan fingerprint density at radius 2 is 1.83 bits per heavy atom. The van der Waals surface area contributed by atoms with Gasteiger partial charge in [0, 0.05) is 30.0 Å². The third kappa shape index (κ3) is 2.86. The highest BCUT2D eigenvalue weighted by Crippen LogP contribution is 2.22. The Balaban J connectivity index is 1.72. The smallest absolute Gasteiger partial charge is 0.270 e. The third-order valence-corrected chi connectivity index (χ3v) is 4.83. The molecule has 0 amide bonds. The molecule has 3 heterocycles. The van der Waals surface area contributed by atoms with Gasteiger partial charge in [-0.15, -0.1) is 0 Å². The molecule has 0 aliphatic heterocycles. The number of halogens is 1. The van der Waals surface area contributed by atoms with E-state index >= 15 is 0 Å². The van der Waals surface area contributed by atoms with Crippen LogP contribution < -0.4 is 16.6 Å². The molecule has 142 valence electrons. The molecule has 8 nitrogen and oxygen atoms in total. The molecular weight excluding hydrogens is 390 g/mol. The average Bonchev–Trinajstić information content (AvgIpc) is 3.21. The summed E-state index contributed by atoms with van der Waals surface area (Å²) in [5.41, 5.74) is 7.85. The predicted molar refractivity (Wildman–Crippen MR) is 113 cm³/mol. The standard InChI is InChI=1S/C20H14ClN7O/c21-15-3-1-2-4-16(15)28-18(29)14-11-24-19(25-13-7-5-12(22)6-8-13)26-17(14)27-10-9-23-20(27)28/h1-11H,22H2,(H,24,25,26). The topological polar surface area (TPSA) is 103 Å². The van der Waals surface area contributed by atoms with E-state index in [0.29, 0.717) is 39.2 Å². The van der Waals surface area contributed by atoms with Crippen LogP contribution in [0.2, 0.25) is 5.02 Å². The molecule has 0 saturated carbocycles. The number of hydrogen-bond acceptors (Lipinski definition) is 6. The van der Waals surface area contributed by atoms with Crippen LogP contribution in [0.5, 0.6) is 0 Å². The number of nitrogens with one attached hydrogen (secondary N) is 1. The minimum atomic E-state index is -0.300. The lowest BCUT2D eigenvalue weighted by atomic mass is 10.3. The zero-order valence-electron chi connectivity index (χ0n) is 15.0. The summed E-state index contributed by atoms with van der Waals surface area (Å²) in [6.45, 7) is 0. The Labute approximate surface area is 169 Å². The summed E-state index contributed by atoms with van der Waals surface area (Å²) in [6, 6.07) is 14.3. The van der Waals surface area contributed by atoms with E-state index in [9.17, 15) is 4.79 Å². The van der Waals surface area contributed by atoms with Crippen LogP contribution in [0.15, 0.2) is 71.9 Å². The molecular formula is C20H14ClN7O. The van der Waals surface area contributed by atoms with Gasteiger partial charge in [0.05, 0.1) is 10.7 Å². The fourth-order valence-corrected chi connectivity index (χ4v) is 3.37. The first-order valence-corrected chi connectivity index (χ1v) is 9.12. The van der Waals surface area contributed by atoms with Crippen molar-refractivity contribution in [2.45, 2.75) is 0 Å². The molecule has 3 N–H and O–H groups in total. The van der Waals surface area contributed by atoms with Gasteiger partial charge >= 0.3 is 0 Å². The van der Waals surface area contributed by atoms with Gasteiger partial charge < -0.3 is 11.1 Å². The number of rotatable bonds is 3. The fraction of sp³-hybridized carbons (Fsp3) is 0. The minimum Gasteiger partial charge on any atom is -0.399 e. The monoisotopic (exact) mass is 403 g/mol. The SMILES string of the molecule is Nc1ccc(Nc2ncc3c(=O)n(-c4ccccc4Cl)c4nccn4c3n2)cc1. The van der Waals surface area contributed by atoms with Crippen molar-refractivity contribution >= 4 is 45.7 Å². The number of benzene rings is 2. The van der Waals surface area contributed by atoms with Gasteiger partial charge in [0.1, 0.15) is 5.39 Å². The molecule has 29 heavy (non-hydrogen) atoms. The predicted octanol–water partition coefficient (Wildman–Crippen LogP) is 3.41. The van der Waals surface area contributed by atoms with Gasteiger partial charge in [-0.1, -0.05) is 23.7 Å². The first-order chi connectivity index (χ1) is 14.1. The Morgan fingerprint density at radius 3 is 2.62 bits per heavy atom. The molecule has 0 spiro atoms. The van der Waals surface area contributed by atoms with Crippen LogP contribution in [0.1, 0.15) is 0 Å². The number of fused-ring (bicyclic) bond motifs is 3. The minimum absolute atomic E-state index is 0.300. The summed E-state index contributed by atoms with van der Waals surface area (Å²) in [5.74, 6) is 0.764. The van der Waals surface area contributed by atoms with Crippen LogP contribution in [0.25, 0.3) is 22.5 Å².